The molecule has 1 aromatic heterocycles. The van der Waals surface area contributed by atoms with Crippen molar-refractivity contribution in [2.45, 2.75) is 45.4 Å². The number of aromatic amines is 1. The van der Waals surface area contributed by atoms with E-state index in [0.29, 0.717) is 0 Å². The summed E-state index contributed by atoms with van der Waals surface area (Å²) in [6.07, 6.45) is 8.03. The Morgan fingerprint density at radius 1 is 1.39 bits per heavy atom. The Morgan fingerprint density at radius 2 is 2.28 bits per heavy atom. The molecular weight excluding hydrogens is 333 g/mol. The number of halogens is 1. The number of benzene rings is 1. The molecule has 0 saturated carbocycles. The Bertz CT molecular complexity index is 555. The zero-order valence-electron chi connectivity index (χ0n) is 10.9. The first-order valence-corrected chi connectivity index (χ1v) is 8.14. The maximum absolute atomic E-state index is 3.62. The highest BCUT2D eigenvalue weighted by molar-refractivity contribution is 14.1. The zero-order chi connectivity index (χ0) is 12.5. The number of H-pyrrole nitrogens is 1. The second-order valence-corrected chi connectivity index (χ2v) is 6.77. The standard InChI is InChI=1S/C16H20IN/c1-2-3-4-11-5-7-15-13(9-11)14-10-12(17)6-8-16(14)18-15/h6,8,10-11,18H,2-5,7,9H2,1H3. The zero-order valence-corrected chi connectivity index (χ0v) is 13.1. The van der Waals surface area contributed by atoms with Crippen molar-refractivity contribution in [3.8, 4) is 0 Å². The smallest absolute Gasteiger partial charge is 0.0459 e. The molecule has 1 nitrogen and oxygen atoms in total. The third kappa shape index (κ3) is 2.31. The molecule has 2 heteroatoms. The molecule has 96 valence electrons. The monoisotopic (exact) mass is 353 g/mol. The first-order valence-electron chi connectivity index (χ1n) is 7.07. The van der Waals surface area contributed by atoms with Crippen LogP contribution in [0.4, 0.5) is 0 Å². The first-order chi connectivity index (χ1) is 8.78. The highest BCUT2D eigenvalue weighted by Crippen LogP contribution is 2.34. The van der Waals surface area contributed by atoms with Gasteiger partial charge in [0, 0.05) is 20.2 Å². The molecule has 0 fully saturated rings. The van der Waals surface area contributed by atoms with Crippen molar-refractivity contribution in [2.24, 2.45) is 5.92 Å². The summed E-state index contributed by atoms with van der Waals surface area (Å²) in [4.78, 5) is 3.62. The molecule has 1 heterocycles. The summed E-state index contributed by atoms with van der Waals surface area (Å²) in [7, 11) is 0. The van der Waals surface area contributed by atoms with E-state index in [1.54, 1.807) is 5.56 Å². The molecule has 0 saturated heterocycles. The van der Waals surface area contributed by atoms with Crippen molar-refractivity contribution in [2.75, 3.05) is 0 Å². The van der Waals surface area contributed by atoms with E-state index in [2.05, 4.69) is 52.7 Å². The molecule has 2 aromatic rings. The third-order valence-electron chi connectivity index (χ3n) is 4.22. The van der Waals surface area contributed by atoms with Gasteiger partial charge in [0.15, 0.2) is 0 Å². The number of aromatic nitrogens is 1. The van der Waals surface area contributed by atoms with Crippen LogP contribution in [0.25, 0.3) is 10.9 Å². The van der Waals surface area contributed by atoms with Gasteiger partial charge in [0.25, 0.3) is 0 Å². The number of rotatable bonds is 3. The quantitative estimate of drug-likeness (QED) is 0.742. The molecule has 1 atom stereocenters. The lowest BCUT2D eigenvalue weighted by atomic mass is 9.83. The summed E-state index contributed by atoms with van der Waals surface area (Å²) < 4.78 is 1.34. The topological polar surface area (TPSA) is 15.8 Å². The second kappa shape index (κ2) is 5.24. The maximum Gasteiger partial charge on any atom is 0.0459 e. The molecular formula is C16H20IN. The van der Waals surface area contributed by atoms with Gasteiger partial charge in [-0.3, -0.25) is 0 Å². The molecule has 0 radical (unpaired) electrons. The van der Waals surface area contributed by atoms with Crippen molar-refractivity contribution in [1.82, 2.24) is 4.98 Å². The fraction of sp³-hybridized carbons (Fsp3) is 0.500. The molecule has 0 bridgehead atoms. The summed E-state index contributed by atoms with van der Waals surface area (Å²) in [5.41, 5.74) is 4.44. The van der Waals surface area contributed by atoms with Crippen LogP contribution in [0.15, 0.2) is 18.2 Å². The predicted octanol–water partition coefficient (Wildman–Crippen LogP) is 5.07. The van der Waals surface area contributed by atoms with Gasteiger partial charge < -0.3 is 4.98 Å². The van der Waals surface area contributed by atoms with Gasteiger partial charge in [0.1, 0.15) is 0 Å². The summed E-state index contributed by atoms with van der Waals surface area (Å²) in [5, 5.41) is 1.47. The Morgan fingerprint density at radius 3 is 3.11 bits per heavy atom. The summed E-state index contributed by atoms with van der Waals surface area (Å²) in [5.74, 6) is 0.911. The normalized spacial score (nSPS) is 19.1. The van der Waals surface area contributed by atoms with Crippen molar-refractivity contribution in [3.63, 3.8) is 0 Å². The maximum atomic E-state index is 3.62. The summed E-state index contributed by atoms with van der Waals surface area (Å²) in [6, 6.07) is 6.77. The molecule has 1 aliphatic carbocycles. The molecule has 0 aliphatic heterocycles. The highest BCUT2D eigenvalue weighted by Gasteiger charge is 2.21. The van der Waals surface area contributed by atoms with E-state index in [1.807, 2.05) is 0 Å². The lowest BCUT2D eigenvalue weighted by molar-refractivity contribution is 0.412. The molecule has 1 aliphatic rings. The fourth-order valence-electron chi connectivity index (χ4n) is 3.20. The van der Waals surface area contributed by atoms with Crippen LogP contribution >= 0.6 is 22.6 Å². The fourth-order valence-corrected chi connectivity index (χ4v) is 3.69. The number of hydrogen-bond acceptors (Lipinski definition) is 0. The van der Waals surface area contributed by atoms with E-state index in [1.165, 1.54) is 58.7 Å². The van der Waals surface area contributed by atoms with E-state index in [4.69, 9.17) is 0 Å². The van der Waals surface area contributed by atoms with Crippen molar-refractivity contribution in [3.05, 3.63) is 33.0 Å². The number of hydrogen-bond donors (Lipinski definition) is 1. The van der Waals surface area contributed by atoms with Crippen molar-refractivity contribution < 1.29 is 0 Å². The number of aryl methyl sites for hydroxylation is 1. The van der Waals surface area contributed by atoms with E-state index in [-0.39, 0.29) is 0 Å². The van der Waals surface area contributed by atoms with Gasteiger partial charge >= 0.3 is 0 Å². The Hall–Kier alpha value is -0.510. The average Bonchev–Trinajstić information content (AvgIpc) is 2.74. The second-order valence-electron chi connectivity index (χ2n) is 5.52. The molecule has 1 N–H and O–H groups in total. The van der Waals surface area contributed by atoms with Gasteiger partial charge in [-0.2, -0.15) is 0 Å². The number of fused-ring (bicyclic) bond motifs is 3. The minimum atomic E-state index is 0.911. The Kier molecular flexibility index (Phi) is 3.64. The van der Waals surface area contributed by atoms with Crippen molar-refractivity contribution in [1.29, 1.82) is 0 Å². The van der Waals surface area contributed by atoms with Crippen molar-refractivity contribution >= 4 is 33.5 Å². The van der Waals surface area contributed by atoms with E-state index >= 15 is 0 Å². The lowest BCUT2D eigenvalue weighted by Gasteiger charge is -2.22. The van der Waals surface area contributed by atoms with Gasteiger partial charge in [-0.1, -0.05) is 26.2 Å². The minimum absolute atomic E-state index is 0.911. The van der Waals surface area contributed by atoms with Gasteiger partial charge in [0.2, 0.25) is 0 Å². The number of nitrogens with one attached hydrogen (secondary N) is 1. The van der Waals surface area contributed by atoms with Gasteiger partial charge in [-0.05, 0) is 71.5 Å². The molecule has 18 heavy (non-hydrogen) atoms. The van der Waals surface area contributed by atoms with Crippen LogP contribution in [0.1, 0.15) is 43.9 Å². The van der Waals surface area contributed by atoms with Crippen LogP contribution in [0.5, 0.6) is 0 Å². The molecule has 1 aromatic carbocycles. The van der Waals surface area contributed by atoms with Crippen LogP contribution in [0.3, 0.4) is 0 Å². The van der Waals surface area contributed by atoms with E-state index in [0.717, 1.165) is 5.92 Å². The van der Waals surface area contributed by atoms with Gasteiger partial charge in [-0.25, -0.2) is 0 Å². The highest BCUT2D eigenvalue weighted by atomic mass is 127. The van der Waals surface area contributed by atoms with Crippen LogP contribution in [-0.4, -0.2) is 4.98 Å². The Labute approximate surface area is 122 Å². The average molecular weight is 353 g/mol. The SMILES string of the molecule is CCCCC1CCc2[nH]c3ccc(I)cc3c2C1. The van der Waals surface area contributed by atoms with Gasteiger partial charge in [-0.15, -0.1) is 0 Å². The molecule has 3 rings (SSSR count). The first kappa shape index (κ1) is 12.5. The van der Waals surface area contributed by atoms with Crippen LogP contribution in [0, 0.1) is 9.49 Å². The molecule has 1 unspecified atom stereocenters. The lowest BCUT2D eigenvalue weighted by Crippen LogP contribution is -2.13. The molecule has 0 spiro atoms. The summed E-state index contributed by atoms with van der Waals surface area (Å²) >= 11 is 2.41. The third-order valence-corrected chi connectivity index (χ3v) is 4.89. The van der Waals surface area contributed by atoms with Crippen LogP contribution < -0.4 is 0 Å². The van der Waals surface area contributed by atoms with Crippen LogP contribution in [-0.2, 0) is 12.8 Å². The van der Waals surface area contributed by atoms with E-state index < -0.39 is 0 Å². The number of unbranched alkanes of at least 4 members (excludes halogenated alkanes) is 1. The Balaban J connectivity index is 1.93. The molecule has 0 amide bonds. The van der Waals surface area contributed by atoms with Crippen LogP contribution in [0.2, 0.25) is 0 Å². The van der Waals surface area contributed by atoms with Gasteiger partial charge in [0.05, 0.1) is 0 Å². The summed E-state index contributed by atoms with van der Waals surface area (Å²) in [6.45, 7) is 2.29. The van der Waals surface area contributed by atoms with E-state index in [9.17, 15) is 0 Å². The minimum Gasteiger partial charge on any atom is -0.358 e. The predicted molar refractivity (Wildman–Crippen MR) is 86.1 cm³/mol. The largest absolute Gasteiger partial charge is 0.358 e.